The van der Waals surface area contributed by atoms with Gasteiger partial charge in [0.2, 0.25) is 5.91 Å². The number of ether oxygens (including phenoxy) is 1. The Labute approximate surface area is 145 Å². The first-order valence-electron chi connectivity index (χ1n) is 8.23. The molecule has 1 fully saturated rings. The first-order valence-corrected chi connectivity index (χ1v) is 8.23. The fourth-order valence-electron chi connectivity index (χ4n) is 3.28. The van der Waals surface area contributed by atoms with Crippen molar-refractivity contribution in [3.8, 4) is 5.69 Å². The van der Waals surface area contributed by atoms with E-state index in [9.17, 15) is 14.7 Å². The molecule has 1 aliphatic rings. The van der Waals surface area contributed by atoms with Crippen molar-refractivity contribution >= 4 is 11.9 Å². The third-order valence-electron chi connectivity index (χ3n) is 4.46. The maximum Gasteiger partial charge on any atom is 0.309 e. The lowest BCUT2D eigenvalue weighted by atomic mass is 9.96. The normalized spacial score (nSPS) is 20.2. The number of carboxylic acids is 1. The molecule has 0 saturated carbocycles. The number of nitrogens with zero attached hydrogens (tertiary/aromatic N) is 3. The van der Waals surface area contributed by atoms with E-state index in [4.69, 9.17) is 4.74 Å². The molecule has 1 N–H and O–H groups in total. The Kier molecular flexibility index (Phi) is 5.14. The molecule has 25 heavy (non-hydrogen) atoms. The molecule has 2 atom stereocenters. The lowest BCUT2D eigenvalue weighted by Gasteiger charge is -2.26. The zero-order chi connectivity index (χ0) is 17.8. The van der Waals surface area contributed by atoms with E-state index in [1.54, 1.807) is 29.1 Å². The molecule has 3 rings (SSSR count). The third kappa shape index (κ3) is 3.56. The lowest BCUT2D eigenvalue weighted by molar-refractivity contribution is -0.142. The van der Waals surface area contributed by atoms with Crippen LogP contribution in [0.2, 0.25) is 0 Å². The largest absolute Gasteiger partial charge is 0.481 e. The summed E-state index contributed by atoms with van der Waals surface area (Å²) in [6.45, 7) is 0.995. The average molecular weight is 343 g/mol. The van der Waals surface area contributed by atoms with Crippen LogP contribution in [-0.2, 0) is 14.3 Å². The lowest BCUT2D eigenvalue weighted by Crippen LogP contribution is -2.31. The van der Waals surface area contributed by atoms with Crippen LogP contribution in [0.15, 0.2) is 42.7 Å². The number of methoxy groups -OCH3 is 1. The molecule has 0 radical (unpaired) electrons. The standard InChI is InChI=1S/C18H21N3O4/c1-25-9-5-8-20-16(22)10-15(18(23)24)17(20)13-11-19-21(12-13)14-6-3-2-4-7-14/h2-4,6-7,11-12,15,17H,5,8-10H2,1H3,(H,23,24)/t15-,17-/m0/s1. The van der Waals surface area contributed by atoms with Crippen molar-refractivity contribution in [2.45, 2.75) is 18.9 Å². The quantitative estimate of drug-likeness (QED) is 0.776. The van der Waals surface area contributed by atoms with Gasteiger partial charge in [-0.15, -0.1) is 0 Å². The summed E-state index contributed by atoms with van der Waals surface area (Å²) < 4.78 is 6.74. The number of benzene rings is 1. The van der Waals surface area contributed by atoms with E-state index in [0.29, 0.717) is 19.6 Å². The molecule has 1 amide bonds. The third-order valence-corrected chi connectivity index (χ3v) is 4.46. The fourth-order valence-corrected chi connectivity index (χ4v) is 3.28. The van der Waals surface area contributed by atoms with Gasteiger partial charge in [-0.1, -0.05) is 18.2 Å². The molecule has 0 bridgehead atoms. The number of para-hydroxylation sites is 1. The second-order valence-corrected chi connectivity index (χ2v) is 6.08. The molecule has 2 aromatic rings. The minimum Gasteiger partial charge on any atom is -0.481 e. The molecule has 2 heterocycles. The molecular formula is C18H21N3O4. The molecule has 0 unspecified atom stereocenters. The van der Waals surface area contributed by atoms with Crippen molar-refractivity contribution in [2.75, 3.05) is 20.3 Å². The van der Waals surface area contributed by atoms with E-state index in [1.165, 1.54) is 0 Å². The summed E-state index contributed by atoms with van der Waals surface area (Å²) in [4.78, 5) is 25.6. The van der Waals surface area contributed by atoms with E-state index in [-0.39, 0.29) is 12.3 Å². The molecule has 132 valence electrons. The van der Waals surface area contributed by atoms with E-state index in [1.807, 2.05) is 30.3 Å². The Morgan fingerprint density at radius 3 is 2.80 bits per heavy atom. The Balaban J connectivity index is 1.88. The Bertz CT molecular complexity index is 744. The highest BCUT2D eigenvalue weighted by atomic mass is 16.5. The number of hydrogen-bond acceptors (Lipinski definition) is 4. The number of carboxylic acid groups (broad SMARTS) is 1. The van der Waals surface area contributed by atoms with Crippen molar-refractivity contribution in [3.05, 3.63) is 48.3 Å². The zero-order valence-electron chi connectivity index (χ0n) is 14.0. The number of aromatic nitrogens is 2. The topological polar surface area (TPSA) is 84.7 Å². The number of hydrogen-bond donors (Lipinski definition) is 1. The molecule has 7 nitrogen and oxygen atoms in total. The van der Waals surface area contributed by atoms with Gasteiger partial charge in [-0.25, -0.2) is 4.68 Å². The summed E-state index contributed by atoms with van der Waals surface area (Å²) in [6, 6.07) is 9.07. The molecule has 0 spiro atoms. The number of carbonyl (C=O) groups excluding carboxylic acids is 1. The van der Waals surface area contributed by atoms with E-state index < -0.39 is 17.9 Å². The van der Waals surface area contributed by atoms with E-state index in [2.05, 4.69) is 5.10 Å². The molecular weight excluding hydrogens is 322 g/mol. The van der Waals surface area contributed by atoms with Crippen LogP contribution in [0.1, 0.15) is 24.4 Å². The highest BCUT2D eigenvalue weighted by Gasteiger charge is 2.44. The van der Waals surface area contributed by atoms with Crippen LogP contribution < -0.4 is 0 Å². The van der Waals surface area contributed by atoms with Crippen LogP contribution in [0.4, 0.5) is 0 Å². The Morgan fingerprint density at radius 2 is 2.12 bits per heavy atom. The average Bonchev–Trinajstić information content (AvgIpc) is 3.21. The SMILES string of the molecule is COCCCN1C(=O)C[C@H](C(=O)O)[C@@H]1c1cnn(-c2ccccc2)c1. The zero-order valence-corrected chi connectivity index (χ0v) is 14.0. The van der Waals surface area contributed by atoms with Crippen LogP contribution in [-0.4, -0.2) is 51.9 Å². The maximum atomic E-state index is 12.3. The first-order chi connectivity index (χ1) is 12.1. The predicted molar refractivity (Wildman–Crippen MR) is 90.3 cm³/mol. The van der Waals surface area contributed by atoms with Crippen LogP contribution in [0.5, 0.6) is 0 Å². The van der Waals surface area contributed by atoms with Crippen molar-refractivity contribution in [1.29, 1.82) is 0 Å². The van der Waals surface area contributed by atoms with Gasteiger partial charge in [0.1, 0.15) is 0 Å². The minimum absolute atomic E-state index is 0.0174. The second-order valence-electron chi connectivity index (χ2n) is 6.08. The first kappa shape index (κ1) is 17.2. The summed E-state index contributed by atoms with van der Waals surface area (Å²) in [5, 5.41) is 13.9. The van der Waals surface area contributed by atoms with Crippen molar-refractivity contribution < 1.29 is 19.4 Å². The summed E-state index contributed by atoms with van der Waals surface area (Å²) in [5.41, 5.74) is 1.62. The van der Waals surface area contributed by atoms with Gasteiger partial charge in [-0.05, 0) is 18.6 Å². The molecule has 1 saturated heterocycles. The fraction of sp³-hybridized carbons (Fsp3) is 0.389. The van der Waals surface area contributed by atoms with Crippen molar-refractivity contribution in [2.24, 2.45) is 5.92 Å². The maximum absolute atomic E-state index is 12.3. The van der Waals surface area contributed by atoms with Crippen LogP contribution in [0.3, 0.4) is 0 Å². The molecule has 1 aliphatic heterocycles. The van der Waals surface area contributed by atoms with Crippen molar-refractivity contribution in [1.82, 2.24) is 14.7 Å². The summed E-state index contributed by atoms with van der Waals surface area (Å²) in [6.07, 6.45) is 4.13. The van der Waals surface area contributed by atoms with Gasteiger partial charge >= 0.3 is 5.97 Å². The van der Waals surface area contributed by atoms with E-state index >= 15 is 0 Å². The number of amides is 1. The smallest absolute Gasteiger partial charge is 0.309 e. The Hall–Kier alpha value is -2.67. The Morgan fingerprint density at radius 1 is 1.36 bits per heavy atom. The molecule has 1 aromatic carbocycles. The van der Waals surface area contributed by atoms with Gasteiger partial charge in [0.25, 0.3) is 0 Å². The van der Waals surface area contributed by atoms with Gasteiger partial charge in [0.15, 0.2) is 0 Å². The van der Waals surface area contributed by atoms with E-state index in [0.717, 1.165) is 11.3 Å². The minimum atomic E-state index is -0.958. The van der Waals surface area contributed by atoms with Gasteiger partial charge < -0.3 is 14.7 Å². The number of rotatable bonds is 7. The van der Waals surface area contributed by atoms with Crippen LogP contribution in [0.25, 0.3) is 5.69 Å². The monoisotopic (exact) mass is 343 g/mol. The van der Waals surface area contributed by atoms with Gasteiger partial charge in [0.05, 0.1) is 23.8 Å². The van der Waals surface area contributed by atoms with Gasteiger partial charge in [-0.2, -0.15) is 5.10 Å². The highest BCUT2D eigenvalue weighted by molar-refractivity contribution is 5.87. The summed E-state index contributed by atoms with van der Waals surface area (Å²) in [7, 11) is 1.60. The van der Waals surface area contributed by atoms with Gasteiger partial charge in [0, 0.05) is 38.4 Å². The van der Waals surface area contributed by atoms with Gasteiger partial charge in [-0.3, -0.25) is 9.59 Å². The molecule has 1 aromatic heterocycles. The molecule has 0 aliphatic carbocycles. The summed E-state index contributed by atoms with van der Waals surface area (Å²) >= 11 is 0. The van der Waals surface area contributed by atoms with Crippen LogP contribution in [0, 0.1) is 5.92 Å². The predicted octanol–water partition coefficient (Wildman–Crippen LogP) is 1.88. The second kappa shape index (κ2) is 7.48. The summed E-state index contributed by atoms with van der Waals surface area (Å²) in [5.74, 6) is -1.86. The van der Waals surface area contributed by atoms with Crippen molar-refractivity contribution in [3.63, 3.8) is 0 Å². The number of aliphatic carboxylic acids is 1. The highest BCUT2D eigenvalue weighted by Crippen LogP contribution is 2.38. The molecule has 7 heteroatoms. The number of carbonyl (C=O) groups is 2. The number of likely N-dealkylation sites (tertiary alicyclic amines) is 1. The van der Waals surface area contributed by atoms with Crippen LogP contribution >= 0.6 is 0 Å².